The molecule has 1 N–H and O–H groups in total. The highest BCUT2D eigenvalue weighted by Crippen LogP contribution is 2.15. The van der Waals surface area contributed by atoms with Crippen molar-refractivity contribution < 1.29 is 0 Å². The predicted molar refractivity (Wildman–Crippen MR) is 71.0 cm³/mol. The van der Waals surface area contributed by atoms with Crippen molar-refractivity contribution in [2.45, 2.75) is 25.9 Å². The highest BCUT2D eigenvalue weighted by Gasteiger charge is 2.08. The summed E-state index contributed by atoms with van der Waals surface area (Å²) >= 11 is 5.86. The molecule has 0 radical (unpaired) electrons. The molecule has 2 unspecified atom stereocenters. The second-order valence-corrected chi connectivity index (χ2v) is 4.93. The van der Waals surface area contributed by atoms with E-state index in [0.717, 1.165) is 11.6 Å². The number of hydrogen-bond acceptors (Lipinski definition) is 2. The van der Waals surface area contributed by atoms with Crippen LogP contribution in [0.1, 0.15) is 25.5 Å². The third kappa shape index (κ3) is 4.12. The molecule has 1 rings (SSSR count). The van der Waals surface area contributed by atoms with E-state index < -0.39 is 0 Å². The lowest BCUT2D eigenvalue weighted by atomic mass is 10.1. The molecule has 0 bridgehead atoms. The number of benzene rings is 1. The van der Waals surface area contributed by atoms with Gasteiger partial charge in [0, 0.05) is 23.7 Å². The SMILES string of the molecule is CC(NCC(C)N(C)C)c1ccc(Cl)cc1. The first-order valence-electron chi connectivity index (χ1n) is 5.66. The predicted octanol–water partition coefficient (Wildman–Crippen LogP) is 2.94. The third-order valence-electron chi connectivity index (χ3n) is 2.97. The van der Waals surface area contributed by atoms with Crippen LogP contribution >= 0.6 is 11.6 Å². The second-order valence-electron chi connectivity index (χ2n) is 4.49. The zero-order valence-electron chi connectivity index (χ0n) is 10.5. The molecule has 0 aliphatic heterocycles. The molecule has 0 aliphatic carbocycles. The van der Waals surface area contributed by atoms with Crippen LogP contribution in [0.3, 0.4) is 0 Å². The van der Waals surface area contributed by atoms with Crippen molar-refractivity contribution in [1.82, 2.24) is 10.2 Å². The van der Waals surface area contributed by atoms with Crippen LogP contribution in [0.25, 0.3) is 0 Å². The molecule has 0 spiro atoms. The quantitative estimate of drug-likeness (QED) is 0.852. The Morgan fingerprint density at radius 3 is 2.25 bits per heavy atom. The number of nitrogens with one attached hydrogen (secondary N) is 1. The van der Waals surface area contributed by atoms with Crippen molar-refractivity contribution in [2.24, 2.45) is 0 Å². The fourth-order valence-corrected chi connectivity index (χ4v) is 1.53. The van der Waals surface area contributed by atoms with E-state index in [-0.39, 0.29) is 0 Å². The number of rotatable bonds is 5. The van der Waals surface area contributed by atoms with Gasteiger partial charge in [-0.2, -0.15) is 0 Å². The van der Waals surface area contributed by atoms with Crippen molar-refractivity contribution in [1.29, 1.82) is 0 Å². The summed E-state index contributed by atoms with van der Waals surface area (Å²) in [5.41, 5.74) is 1.27. The molecule has 2 nitrogen and oxygen atoms in total. The van der Waals surface area contributed by atoms with Crippen LogP contribution < -0.4 is 5.32 Å². The standard InChI is InChI=1S/C13H21ClN2/c1-10(16(3)4)9-15-11(2)12-5-7-13(14)8-6-12/h5-8,10-11,15H,9H2,1-4H3. The van der Waals surface area contributed by atoms with E-state index in [1.54, 1.807) is 0 Å². The molecule has 0 amide bonds. The van der Waals surface area contributed by atoms with Crippen LogP contribution in [0.15, 0.2) is 24.3 Å². The molecule has 1 aromatic carbocycles. The van der Waals surface area contributed by atoms with Gasteiger partial charge in [0.2, 0.25) is 0 Å². The summed E-state index contributed by atoms with van der Waals surface area (Å²) in [6.45, 7) is 5.37. The zero-order chi connectivity index (χ0) is 12.1. The fourth-order valence-electron chi connectivity index (χ4n) is 1.40. The Morgan fingerprint density at radius 2 is 1.75 bits per heavy atom. The normalized spacial score (nSPS) is 15.1. The molecule has 0 heterocycles. The Labute approximate surface area is 104 Å². The van der Waals surface area contributed by atoms with Crippen molar-refractivity contribution in [3.8, 4) is 0 Å². The van der Waals surface area contributed by atoms with Crippen LogP contribution in [0.5, 0.6) is 0 Å². The number of nitrogens with zero attached hydrogens (tertiary/aromatic N) is 1. The smallest absolute Gasteiger partial charge is 0.0406 e. The summed E-state index contributed by atoms with van der Waals surface area (Å²) in [7, 11) is 4.19. The molecule has 0 saturated carbocycles. The molecule has 3 heteroatoms. The van der Waals surface area contributed by atoms with Gasteiger partial charge in [-0.15, -0.1) is 0 Å². The maximum Gasteiger partial charge on any atom is 0.0406 e. The van der Waals surface area contributed by atoms with E-state index >= 15 is 0 Å². The summed E-state index contributed by atoms with van der Waals surface area (Å²) in [5, 5.41) is 4.30. The van der Waals surface area contributed by atoms with Crippen molar-refractivity contribution in [3.05, 3.63) is 34.9 Å². The lowest BCUT2D eigenvalue weighted by Crippen LogP contribution is -2.36. The van der Waals surface area contributed by atoms with E-state index in [2.05, 4.69) is 50.3 Å². The topological polar surface area (TPSA) is 15.3 Å². The van der Waals surface area contributed by atoms with Gasteiger partial charge in [-0.1, -0.05) is 23.7 Å². The molecule has 16 heavy (non-hydrogen) atoms. The van der Waals surface area contributed by atoms with Gasteiger partial charge in [0.25, 0.3) is 0 Å². The van der Waals surface area contributed by atoms with Gasteiger partial charge >= 0.3 is 0 Å². The molecule has 0 aliphatic rings. The van der Waals surface area contributed by atoms with Gasteiger partial charge in [-0.05, 0) is 45.6 Å². The number of hydrogen-bond donors (Lipinski definition) is 1. The highest BCUT2D eigenvalue weighted by molar-refractivity contribution is 6.30. The van der Waals surface area contributed by atoms with Gasteiger partial charge in [-0.25, -0.2) is 0 Å². The molecular formula is C13H21ClN2. The maximum atomic E-state index is 5.86. The van der Waals surface area contributed by atoms with E-state index in [0.29, 0.717) is 12.1 Å². The Morgan fingerprint density at radius 1 is 1.19 bits per heavy atom. The molecule has 1 aromatic rings. The fraction of sp³-hybridized carbons (Fsp3) is 0.538. The van der Waals surface area contributed by atoms with Crippen LogP contribution in [0.4, 0.5) is 0 Å². The Hall–Kier alpha value is -0.570. The monoisotopic (exact) mass is 240 g/mol. The second kappa shape index (κ2) is 6.24. The van der Waals surface area contributed by atoms with Gasteiger partial charge in [0.15, 0.2) is 0 Å². The van der Waals surface area contributed by atoms with Crippen LogP contribution in [0.2, 0.25) is 5.02 Å². The lowest BCUT2D eigenvalue weighted by molar-refractivity contribution is 0.295. The van der Waals surface area contributed by atoms with Crippen LogP contribution in [-0.4, -0.2) is 31.6 Å². The van der Waals surface area contributed by atoms with Gasteiger partial charge in [0.1, 0.15) is 0 Å². The zero-order valence-corrected chi connectivity index (χ0v) is 11.3. The van der Waals surface area contributed by atoms with Crippen molar-refractivity contribution in [3.63, 3.8) is 0 Å². The molecule has 0 saturated heterocycles. The Bertz CT molecular complexity index is 308. The van der Waals surface area contributed by atoms with Crippen molar-refractivity contribution in [2.75, 3.05) is 20.6 Å². The van der Waals surface area contributed by atoms with E-state index in [9.17, 15) is 0 Å². The number of halogens is 1. The lowest BCUT2D eigenvalue weighted by Gasteiger charge is -2.23. The first kappa shape index (κ1) is 13.5. The first-order valence-corrected chi connectivity index (χ1v) is 6.03. The van der Waals surface area contributed by atoms with Gasteiger partial charge in [0.05, 0.1) is 0 Å². The minimum absolute atomic E-state index is 0.361. The van der Waals surface area contributed by atoms with Crippen molar-refractivity contribution >= 4 is 11.6 Å². The van der Waals surface area contributed by atoms with Crippen LogP contribution in [0, 0.1) is 0 Å². The molecule has 0 aromatic heterocycles. The highest BCUT2D eigenvalue weighted by atomic mass is 35.5. The molecular weight excluding hydrogens is 220 g/mol. The van der Waals surface area contributed by atoms with Gasteiger partial charge in [-0.3, -0.25) is 0 Å². The molecule has 0 fully saturated rings. The third-order valence-corrected chi connectivity index (χ3v) is 3.22. The van der Waals surface area contributed by atoms with E-state index in [1.165, 1.54) is 5.56 Å². The van der Waals surface area contributed by atoms with Crippen LogP contribution in [-0.2, 0) is 0 Å². The first-order chi connectivity index (χ1) is 7.50. The maximum absolute atomic E-state index is 5.86. The summed E-state index contributed by atoms with van der Waals surface area (Å²) in [6.07, 6.45) is 0. The average Bonchev–Trinajstić information content (AvgIpc) is 2.26. The summed E-state index contributed by atoms with van der Waals surface area (Å²) in [5.74, 6) is 0. The largest absolute Gasteiger partial charge is 0.309 e. The minimum Gasteiger partial charge on any atom is -0.309 e. The Balaban J connectivity index is 2.46. The minimum atomic E-state index is 0.361. The summed E-state index contributed by atoms with van der Waals surface area (Å²) in [4.78, 5) is 2.21. The van der Waals surface area contributed by atoms with E-state index in [1.807, 2.05) is 12.1 Å². The molecule has 2 atom stereocenters. The molecule has 90 valence electrons. The van der Waals surface area contributed by atoms with E-state index in [4.69, 9.17) is 11.6 Å². The van der Waals surface area contributed by atoms with Gasteiger partial charge < -0.3 is 10.2 Å². The average molecular weight is 241 g/mol. The summed E-state index contributed by atoms with van der Waals surface area (Å²) in [6, 6.07) is 8.91. The summed E-state index contributed by atoms with van der Waals surface area (Å²) < 4.78 is 0. The Kier molecular flexibility index (Phi) is 5.26. The number of likely N-dealkylation sites (N-methyl/N-ethyl adjacent to an activating group) is 1.